The fraction of sp³-hybridized carbons (Fsp3) is 0.300. The number of carboxylic acid groups (broad SMARTS) is 1. The monoisotopic (exact) mass is 397 g/mol. The zero-order valence-electron chi connectivity index (χ0n) is 15.1. The lowest BCUT2D eigenvalue weighted by atomic mass is 9.93. The molecule has 2 aliphatic heterocycles. The number of aliphatic imine (C=N–C) groups is 1. The van der Waals surface area contributed by atoms with Gasteiger partial charge in [-0.05, 0) is 48.1 Å². The van der Waals surface area contributed by atoms with Crippen LogP contribution in [0.25, 0.3) is 0 Å². The number of nitrogens with zero attached hydrogens (tertiary/aromatic N) is 3. The summed E-state index contributed by atoms with van der Waals surface area (Å²) in [6, 6.07) is 6.41. The third kappa shape index (κ3) is 3.61. The zero-order chi connectivity index (χ0) is 19.7. The van der Waals surface area contributed by atoms with Gasteiger partial charge in [-0.1, -0.05) is 12.1 Å². The number of carboxylic acids is 1. The summed E-state index contributed by atoms with van der Waals surface area (Å²) in [5.41, 5.74) is 2.65. The first-order valence-corrected chi connectivity index (χ1v) is 9.42. The molecule has 2 heterocycles. The maximum absolute atomic E-state index is 13.1. The number of allylic oxidation sites excluding steroid dienone is 2. The number of carbonyl (C=O) groups is 2. The Bertz CT molecular complexity index is 914. The summed E-state index contributed by atoms with van der Waals surface area (Å²) >= 11 is 5.34. The molecule has 1 aromatic rings. The molecular weight excluding hydrogens is 378 g/mol. The highest BCUT2D eigenvalue weighted by molar-refractivity contribution is 7.80. The lowest BCUT2D eigenvalue weighted by Gasteiger charge is -2.35. The van der Waals surface area contributed by atoms with Gasteiger partial charge in [-0.3, -0.25) is 9.69 Å². The number of amides is 1. The number of ether oxygens (including phenoxy) is 1. The van der Waals surface area contributed by atoms with Gasteiger partial charge in [0.05, 0.1) is 31.0 Å². The molecule has 7 nitrogen and oxygen atoms in total. The summed E-state index contributed by atoms with van der Waals surface area (Å²) in [6.07, 6.45) is 5.77. The maximum atomic E-state index is 13.1. The van der Waals surface area contributed by atoms with E-state index >= 15 is 0 Å². The summed E-state index contributed by atoms with van der Waals surface area (Å²) in [7, 11) is 0. The van der Waals surface area contributed by atoms with Crippen LogP contribution < -0.4 is 0 Å². The predicted octanol–water partition coefficient (Wildman–Crippen LogP) is 1.85. The molecule has 0 radical (unpaired) electrons. The maximum Gasteiger partial charge on any atom is 0.335 e. The Hall–Kier alpha value is -2.84. The molecule has 1 saturated heterocycles. The number of carbonyl (C=O) groups excluding carboxylic acids is 1. The van der Waals surface area contributed by atoms with E-state index in [9.17, 15) is 9.59 Å². The molecule has 0 aromatic heterocycles. The normalized spacial score (nSPS) is 21.9. The van der Waals surface area contributed by atoms with Gasteiger partial charge in [0.1, 0.15) is 5.92 Å². The summed E-state index contributed by atoms with van der Waals surface area (Å²) in [6.45, 7) is 3.19. The number of thiocarbonyl (C=S) groups is 1. The van der Waals surface area contributed by atoms with Crippen molar-refractivity contribution in [3.8, 4) is 0 Å². The summed E-state index contributed by atoms with van der Waals surface area (Å²) < 4.78 is 5.39. The molecule has 4 rings (SSSR count). The molecule has 1 unspecified atom stereocenters. The number of morpholine rings is 1. The highest BCUT2D eigenvalue weighted by Gasteiger charge is 2.35. The van der Waals surface area contributed by atoms with Crippen molar-refractivity contribution in [1.29, 1.82) is 0 Å². The first kappa shape index (κ1) is 18.5. The number of aromatic carboxylic acids is 1. The Balaban J connectivity index is 1.54. The van der Waals surface area contributed by atoms with Gasteiger partial charge in [0, 0.05) is 18.8 Å². The van der Waals surface area contributed by atoms with Crippen molar-refractivity contribution in [1.82, 2.24) is 9.80 Å². The topological polar surface area (TPSA) is 82.4 Å². The Labute approximate surface area is 167 Å². The van der Waals surface area contributed by atoms with Crippen LogP contribution in [0.1, 0.15) is 15.9 Å². The van der Waals surface area contributed by atoms with Gasteiger partial charge in [0.15, 0.2) is 0 Å². The molecule has 1 fully saturated rings. The fourth-order valence-electron chi connectivity index (χ4n) is 3.44. The molecule has 144 valence electrons. The van der Waals surface area contributed by atoms with E-state index in [0.717, 1.165) is 24.4 Å². The van der Waals surface area contributed by atoms with Crippen LogP contribution in [0.2, 0.25) is 0 Å². The molecular formula is C20H19N3O4S. The summed E-state index contributed by atoms with van der Waals surface area (Å²) in [5.74, 6) is -1.57. The molecule has 0 saturated carbocycles. The predicted molar refractivity (Wildman–Crippen MR) is 107 cm³/mol. The molecule has 1 amide bonds. The van der Waals surface area contributed by atoms with Crippen LogP contribution in [-0.4, -0.2) is 63.9 Å². The average molecular weight is 397 g/mol. The first-order valence-electron chi connectivity index (χ1n) is 9.02. The van der Waals surface area contributed by atoms with Gasteiger partial charge in [0.2, 0.25) is 11.0 Å². The third-order valence-electron chi connectivity index (χ3n) is 4.99. The minimum absolute atomic E-state index is 0.118. The highest BCUT2D eigenvalue weighted by atomic mass is 32.1. The molecule has 1 atom stereocenters. The average Bonchev–Trinajstić information content (AvgIpc) is 2.72. The Kier molecular flexibility index (Phi) is 5.06. The van der Waals surface area contributed by atoms with Gasteiger partial charge in [-0.15, -0.1) is 0 Å². The van der Waals surface area contributed by atoms with Crippen molar-refractivity contribution in [2.75, 3.05) is 26.3 Å². The molecule has 28 heavy (non-hydrogen) atoms. The largest absolute Gasteiger partial charge is 0.478 e. The summed E-state index contributed by atoms with van der Waals surface area (Å²) in [5, 5.41) is 9.24. The number of hydrogen-bond acceptors (Lipinski definition) is 5. The highest BCUT2D eigenvalue weighted by Crippen LogP contribution is 2.26. The van der Waals surface area contributed by atoms with Crippen molar-refractivity contribution >= 4 is 34.9 Å². The van der Waals surface area contributed by atoms with Crippen molar-refractivity contribution in [2.24, 2.45) is 10.9 Å². The number of hydrogen-bond donors (Lipinski definition) is 1. The van der Waals surface area contributed by atoms with Crippen LogP contribution in [0.5, 0.6) is 0 Å². The van der Waals surface area contributed by atoms with E-state index in [1.165, 1.54) is 17.0 Å². The van der Waals surface area contributed by atoms with E-state index < -0.39 is 11.9 Å². The third-order valence-corrected chi connectivity index (χ3v) is 5.30. The van der Waals surface area contributed by atoms with Crippen LogP contribution in [0, 0.1) is 5.92 Å². The smallest absolute Gasteiger partial charge is 0.335 e. The van der Waals surface area contributed by atoms with E-state index in [4.69, 9.17) is 22.1 Å². The molecule has 1 N–H and O–H groups in total. The minimum atomic E-state index is -0.986. The van der Waals surface area contributed by atoms with Crippen molar-refractivity contribution in [2.45, 2.75) is 6.54 Å². The Morgan fingerprint density at radius 1 is 1.21 bits per heavy atom. The standard InChI is InChI=1S/C20H19N3O4S/c24-18-16-11-15(22-7-9-27-10-8-22)5-6-17(16)21-20(28)23(18)12-13-1-3-14(4-2-13)19(25)26/h1-6,11,16H,7-10,12H2,(H,25,26). The fourth-order valence-corrected chi connectivity index (χ4v) is 3.70. The second kappa shape index (κ2) is 7.65. The lowest BCUT2D eigenvalue weighted by Crippen LogP contribution is -2.46. The van der Waals surface area contributed by atoms with Crippen molar-refractivity contribution < 1.29 is 19.4 Å². The van der Waals surface area contributed by atoms with E-state index in [0.29, 0.717) is 18.9 Å². The SMILES string of the molecule is O=C(O)c1ccc(CN2C(=O)C3C=C(N4CCOCC4)C=CC3=NC2=S)cc1. The van der Waals surface area contributed by atoms with E-state index in [1.54, 1.807) is 12.1 Å². The first-order chi connectivity index (χ1) is 13.5. The number of fused-ring (bicyclic) bond motifs is 1. The van der Waals surface area contributed by atoms with Crippen LogP contribution in [0.4, 0.5) is 0 Å². The van der Waals surface area contributed by atoms with Gasteiger partial charge >= 0.3 is 5.97 Å². The molecule has 8 heteroatoms. The quantitative estimate of drug-likeness (QED) is 0.781. The molecule has 0 bridgehead atoms. The lowest BCUT2D eigenvalue weighted by molar-refractivity contribution is -0.129. The van der Waals surface area contributed by atoms with Crippen LogP contribution in [-0.2, 0) is 16.1 Å². The van der Waals surface area contributed by atoms with Gasteiger partial charge in [-0.25, -0.2) is 9.79 Å². The van der Waals surface area contributed by atoms with Gasteiger partial charge in [-0.2, -0.15) is 0 Å². The van der Waals surface area contributed by atoms with Crippen LogP contribution in [0.15, 0.2) is 53.2 Å². The zero-order valence-corrected chi connectivity index (χ0v) is 15.9. The molecule has 1 aliphatic carbocycles. The molecule has 0 spiro atoms. The van der Waals surface area contributed by atoms with Gasteiger partial charge in [0.25, 0.3) is 0 Å². The molecule has 1 aromatic carbocycles. The molecule has 3 aliphatic rings. The second-order valence-electron chi connectivity index (χ2n) is 6.75. The number of rotatable bonds is 4. The van der Waals surface area contributed by atoms with Crippen molar-refractivity contribution in [3.05, 3.63) is 59.3 Å². The Morgan fingerprint density at radius 3 is 2.61 bits per heavy atom. The van der Waals surface area contributed by atoms with Crippen molar-refractivity contribution in [3.63, 3.8) is 0 Å². The van der Waals surface area contributed by atoms with E-state index in [-0.39, 0.29) is 23.1 Å². The van der Waals surface area contributed by atoms with Crippen LogP contribution >= 0.6 is 12.2 Å². The van der Waals surface area contributed by atoms with Gasteiger partial charge < -0.3 is 14.7 Å². The Morgan fingerprint density at radius 2 is 1.93 bits per heavy atom. The van der Waals surface area contributed by atoms with E-state index in [2.05, 4.69) is 9.89 Å². The summed E-state index contributed by atoms with van der Waals surface area (Å²) in [4.78, 5) is 32.2. The van der Waals surface area contributed by atoms with E-state index in [1.807, 2.05) is 18.2 Å². The minimum Gasteiger partial charge on any atom is -0.478 e. The van der Waals surface area contributed by atoms with Crippen LogP contribution in [0.3, 0.4) is 0 Å². The second-order valence-corrected chi connectivity index (χ2v) is 7.11. The number of benzene rings is 1.